The first kappa shape index (κ1) is 10.8. The summed E-state index contributed by atoms with van der Waals surface area (Å²) in [6.07, 6.45) is 4.23. The van der Waals surface area contributed by atoms with Gasteiger partial charge in [0.15, 0.2) is 0 Å². The molecule has 0 amide bonds. The van der Waals surface area contributed by atoms with Gasteiger partial charge in [-0.15, -0.1) is 0 Å². The Balaban J connectivity index is 1.56. The molecule has 0 aromatic heterocycles. The molecule has 2 unspecified atom stereocenters. The van der Waals surface area contributed by atoms with Crippen LogP contribution in [0.15, 0.2) is 28.7 Å². The van der Waals surface area contributed by atoms with Crippen molar-refractivity contribution in [3.8, 4) is 0 Å². The zero-order valence-electron chi connectivity index (χ0n) is 9.53. The summed E-state index contributed by atoms with van der Waals surface area (Å²) in [7, 11) is 0. The zero-order chi connectivity index (χ0) is 11.0. The van der Waals surface area contributed by atoms with E-state index in [0.29, 0.717) is 0 Å². The van der Waals surface area contributed by atoms with Gasteiger partial charge in [-0.25, -0.2) is 0 Å². The average Bonchev–Trinajstić information content (AvgIpc) is 2.85. The third-order valence-corrected chi connectivity index (χ3v) is 4.44. The molecule has 2 atom stereocenters. The first-order chi connectivity index (χ1) is 7.83. The van der Waals surface area contributed by atoms with Gasteiger partial charge in [-0.1, -0.05) is 28.1 Å². The highest BCUT2D eigenvalue weighted by atomic mass is 79.9. The number of nitrogens with zero attached hydrogens (tertiary/aromatic N) is 1. The maximum absolute atomic E-state index is 3.49. The van der Waals surface area contributed by atoms with Crippen molar-refractivity contribution in [2.24, 2.45) is 5.92 Å². The van der Waals surface area contributed by atoms with Gasteiger partial charge in [-0.2, -0.15) is 0 Å². The van der Waals surface area contributed by atoms with Crippen LogP contribution in [0.5, 0.6) is 0 Å². The fraction of sp³-hybridized carbons (Fsp3) is 0.571. The lowest BCUT2D eigenvalue weighted by Gasteiger charge is -2.13. The van der Waals surface area contributed by atoms with Gasteiger partial charge in [-0.05, 0) is 61.9 Å². The Labute approximate surface area is 106 Å². The standard InChI is InChI=1S/C14H18BrN/c15-13-5-3-11(4-6-13)14-9-12(14)10-16-7-1-2-8-16/h3-6,12,14H,1-2,7-10H2. The molecule has 1 aliphatic carbocycles. The van der Waals surface area contributed by atoms with E-state index >= 15 is 0 Å². The first-order valence-corrected chi connectivity index (χ1v) is 7.10. The fourth-order valence-electron chi connectivity index (χ4n) is 2.86. The summed E-state index contributed by atoms with van der Waals surface area (Å²) in [5.74, 6) is 1.77. The summed E-state index contributed by atoms with van der Waals surface area (Å²) >= 11 is 3.49. The Morgan fingerprint density at radius 1 is 1.12 bits per heavy atom. The molecule has 2 fully saturated rings. The number of halogens is 1. The van der Waals surface area contributed by atoms with Crippen LogP contribution in [0.3, 0.4) is 0 Å². The second kappa shape index (κ2) is 4.50. The second-order valence-corrected chi connectivity index (χ2v) is 6.08. The molecule has 2 heteroatoms. The van der Waals surface area contributed by atoms with Crippen LogP contribution in [0.1, 0.15) is 30.7 Å². The van der Waals surface area contributed by atoms with Crippen LogP contribution < -0.4 is 0 Å². The highest BCUT2D eigenvalue weighted by Gasteiger charge is 2.39. The van der Waals surface area contributed by atoms with E-state index in [9.17, 15) is 0 Å². The topological polar surface area (TPSA) is 3.24 Å². The van der Waals surface area contributed by atoms with Gasteiger partial charge in [0.2, 0.25) is 0 Å². The molecule has 1 heterocycles. The van der Waals surface area contributed by atoms with E-state index in [2.05, 4.69) is 45.1 Å². The minimum absolute atomic E-state index is 0.841. The SMILES string of the molecule is Brc1ccc(C2CC2CN2CCCC2)cc1. The van der Waals surface area contributed by atoms with E-state index in [-0.39, 0.29) is 0 Å². The molecule has 16 heavy (non-hydrogen) atoms. The largest absolute Gasteiger partial charge is 0.303 e. The summed E-state index contributed by atoms with van der Waals surface area (Å²) in [6.45, 7) is 4.01. The molecule has 0 N–H and O–H groups in total. The molecule has 1 aromatic carbocycles. The van der Waals surface area contributed by atoms with Gasteiger partial charge in [-0.3, -0.25) is 0 Å². The normalized spacial score (nSPS) is 29.6. The van der Waals surface area contributed by atoms with Crippen LogP contribution in [0.4, 0.5) is 0 Å². The number of hydrogen-bond acceptors (Lipinski definition) is 1. The van der Waals surface area contributed by atoms with E-state index in [1.165, 1.54) is 48.9 Å². The Kier molecular flexibility index (Phi) is 3.03. The molecule has 1 saturated carbocycles. The van der Waals surface area contributed by atoms with Gasteiger partial charge < -0.3 is 4.90 Å². The highest BCUT2D eigenvalue weighted by Crippen LogP contribution is 2.48. The molecule has 2 aliphatic rings. The molecule has 1 saturated heterocycles. The van der Waals surface area contributed by atoms with Crippen molar-refractivity contribution in [1.29, 1.82) is 0 Å². The van der Waals surface area contributed by atoms with E-state index in [0.717, 1.165) is 11.8 Å². The van der Waals surface area contributed by atoms with Crippen molar-refractivity contribution in [2.75, 3.05) is 19.6 Å². The lowest BCUT2D eigenvalue weighted by atomic mass is 10.1. The number of likely N-dealkylation sites (tertiary alicyclic amines) is 1. The molecule has 1 nitrogen and oxygen atoms in total. The number of benzene rings is 1. The van der Waals surface area contributed by atoms with Crippen molar-refractivity contribution in [1.82, 2.24) is 4.90 Å². The van der Waals surface area contributed by atoms with E-state index < -0.39 is 0 Å². The molecule has 1 aromatic rings. The van der Waals surface area contributed by atoms with E-state index in [1.807, 2.05) is 0 Å². The van der Waals surface area contributed by atoms with Crippen LogP contribution >= 0.6 is 15.9 Å². The average molecular weight is 280 g/mol. The van der Waals surface area contributed by atoms with Crippen molar-refractivity contribution in [3.63, 3.8) is 0 Å². The Hall–Kier alpha value is -0.340. The lowest BCUT2D eigenvalue weighted by molar-refractivity contribution is 0.322. The third-order valence-electron chi connectivity index (χ3n) is 3.91. The maximum atomic E-state index is 3.49. The highest BCUT2D eigenvalue weighted by molar-refractivity contribution is 9.10. The Morgan fingerprint density at radius 2 is 1.81 bits per heavy atom. The summed E-state index contributed by atoms with van der Waals surface area (Å²) < 4.78 is 1.19. The summed E-state index contributed by atoms with van der Waals surface area (Å²) in [4.78, 5) is 2.64. The molecular formula is C14H18BrN. The van der Waals surface area contributed by atoms with Crippen LogP contribution in [-0.2, 0) is 0 Å². The Bertz CT molecular complexity index is 354. The molecular weight excluding hydrogens is 262 g/mol. The van der Waals surface area contributed by atoms with Gasteiger partial charge >= 0.3 is 0 Å². The summed E-state index contributed by atoms with van der Waals surface area (Å²) in [5, 5.41) is 0. The minimum atomic E-state index is 0.841. The van der Waals surface area contributed by atoms with Crippen LogP contribution in [0, 0.1) is 5.92 Å². The third kappa shape index (κ3) is 2.33. The van der Waals surface area contributed by atoms with E-state index in [4.69, 9.17) is 0 Å². The molecule has 0 spiro atoms. The Morgan fingerprint density at radius 3 is 2.50 bits per heavy atom. The smallest absolute Gasteiger partial charge is 0.0175 e. The minimum Gasteiger partial charge on any atom is -0.303 e. The van der Waals surface area contributed by atoms with Gasteiger partial charge in [0.25, 0.3) is 0 Å². The lowest BCUT2D eigenvalue weighted by Crippen LogP contribution is -2.22. The number of hydrogen-bond donors (Lipinski definition) is 0. The first-order valence-electron chi connectivity index (χ1n) is 6.31. The summed E-state index contributed by atoms with van der Waals surface area (Å²) in [6, 6.07) is 8.89. The van der Waals surface area contributed by atoms with Crippen molar-refractivity contribution in [2.45, 2.75) is 25.2 Å². The summed E-state index contributed by atoms with van der Waals surface area (Å²) in [5.41, 5.74) is 1.53. The fourth-order valence-corrected chi connectivity index (χ4v) is 3.13. The van der Waals surface area contributed by atoms with E-state index in [1.54, 1.807) is 0 Å². The molecule has 1 aliphatic heterocycles. The predicted molar refractivity (Wildman–Crippen MR) is 70.7 cm³/mol. The zero-order valence-corrected chi connectivity index (χ0v) is 11.1. The molecule has 86 valence electrons. The van der Waals surface area contributed by atoms with Crippen molar-refractivity contribution in [3.05, 3.63) is 34.3 Å². The predicted octanol–water partition coefficient (Wildman–Crippen LogP) is 3.65. The van der Waals surface area contributed by atoms with Gasteiger partial charge in [0.1, 0.15) is 0 Å². The van der Waals surface area contributed by atoms with Crippen LogP contribution in [-0.4, -0.2) is 24.5 Å². The van der Waals surface area contributed by atoms with Crippen molar-refractivity contribution < 1.29 is 0 Å². The van der Waals surface area contributed by atoms with Gasteiger partial charge in [0.05, 0.1) is 0 Å². The van der Waals surface area contributed by atoms with Crippen LogP contribution in [0.2, 0.25) is 0 Å². The molecule has 0 bridgehead atoms. The molecule has 0 radical (unpaired) electrons. The monoisotopic (exact) mass is 279 g/mol. The second-order valence-electron chi connectivity index (χ2n) is 5.16. The quantitative estimate of drug-likeness (QED) is 0.817. The number of rotatable bonds is 3. The molecule has 3 rings (SSSR count). The van der Waals surface area contributed by atoms with Gasteiger partial charge in [0, 0.05) is 11.0 Å². The maximum Gasteiger partial charge on any atom is 0.0175 e. The van der Waals surface area contributed by atoms with Crippen molar-refractivity contribution >= 4 is 15.9 Å². The van der Waals surface area contributed by atoms with Crippen LogP contribution in [0.25, 0.3) is 0 Å².